The van der Waals surface area contributed by atoms with Gasteiger partial charge in [0.05, 0.1) is 11.6 Å². The van der Waals surface area contributed by atoms with Crippen LogP contribution in [0.1, 0.15) is 50.3 Å². The van der Waals surface area contributed by atoms with Crippen molar-refractivity contribution in [2.75, 3.05) is 6.61 Å². The Morgan fingerprint density at radius 1 is 1.38 bits per heavy atom. The largest absolute Gasteiger partial charge is 0.396 e. The lowest BCUT2D eigenvalue weighted by atomic mass is 9.82. The van der Waals surface area contributed by atoms with E-state index in [1.807, 2.05) is 25.1 Å². The molecule has 16 heavy (non-hydrogen) atoms. The molecule has 0 fully saturated rings. The Morgan fingerprint density at radius 2 is 2.00 bits per heavy atom. The van der Waals surface area contributed by atoms with E-state index in [9.17, 15) is 0 Å². The SMILES string of the molecule is CC(CO)c1ccc(C(C)(C)C)c(C#N)c1. The molecule has 2 heteroatoms. The van der Waals surface area contributed by atoms with E-state index in [-0.39, 0.29) is 17.9 Å². The van der Waals surface area contributed by atoms with E-state index in [0.717, 1.165) is 11.1 Å². The molecule has 0 bridgehead atoms. The van der Waals surface area contributed by atoms with Crippen molar-refractivity contribution in [3.05, 3.63) is 34.9 Å². The van der Waals surface area contributed by atoms with Gasteiger partial charge in [-0.2, -0.15) is 5.26 Å². The van der Waals surface area contributed by atoms with Crippen LogP contribution in [0.15, 0.2) is 18.2 Å². The predicted octanol–water partition coefficient (Wildman–Crippen LogP) is 2.95. The molecule has 0 saturated carbocycles. The maximum atomic E-state index is 9.15. The fraction of sp³-hybridized carbons (Fsp3) is 0.500. The molecule has 1 unspecified atom stereocenters. The first-order valence-corrected chi connectivity index (χ1v) is 5.55. The maximum Gasteiger partial charge on any atom is 0.0994 e. The van der Waals surface area contributed by atoms with Gasteiger partial charge in [-0.05, 0) is 22.6 Å². The fourth-order valence-corrected chi connectivity index (χ4v) is 1.72. The average molecular weight is 217 g/mol. The van der Waals surface area contributed by atoms with Crippen LogP contribution in [0.3, 0.4) is 0 Å². The highest BCUT2D eigenvalue weighted by Crippen LogP contribution is 2.28. The summed E-state index contributed by atoms with van der Waals surface area (Å²) in [6.07, 6.45) is 0. The zero-order valence-electron chi connectivity index (χ0n) is 10.4. The molecule has 0 aliphatic heterocycles. The summed E-state index contributed by atoms with van der Waals surface area (Å²) in [5, 5.41) is 18.2. The highest BCUT2D eigenvalue weighted by atomic mass is 16.3. The van der Waals surface area contributed by atoms with Crippen LogP contribution in [0.2, 0.25) is 0 Å². The number of aliphatic hydroxyl groups excluding tert-OH is 1. The normalized spacial score (nSPS) is 13.2. The highest BCUT2D eigenvalue weighted by Gasteiger charge is 2.18. The van der Waals surface area contributed by atoms with Crippen LogP contribution in [-0.2, 0) is 5.41 Å². The van der Waals surface area contributed by atoms with Crippen molar-refractivity contribution in [1.29, 1.82) is 5.26 Å². The summed E-state index contributed by atoms with van der Waals surface area (Å²) in [5.41, 5.74) is 2.77. The number of hydrogen-bond acceptors (Lipinski definition) is 2. The average Bonchev–Trinajstić information content (AvgIpc) is 2.25. The van der Waals surface area contributed by atoms with Crippen LogP contribution in [0.5, 0.6) is 0 Å². The van der Waals surface area contributed by atoms with Gasteiger partial charge in [0.15, 0.2) is 0 Å². The summed E-state index contributed by atoms with van der Waals surface area (Å²) < 4.78 is 0. The quantitative estimate of drug-likeness (QED) is 0.827. The molecule has 0 aliphatic carbocycles. The van der Waals surface area contributed by atoms with Crippen LogP contribution in [0.4, 0.5) is 0 Å². The van der Waals surface area contributed by atoms with E-state index < -0.39 is 0 Å². The second kappa shape index (κ2) is 4.67. The molecular weight excluding hydrogens is 198 g/mol. The molecule has 86 valence electrons. The van der Waals surface area contributed by atoms with Gasteiger partial charge < -0.3 is 5.11 Å². The third-order valence-corrected chi connectivity index (χ3v) is 2.81. The van der Waals surface area contributed by atoms with Gasteiger partial charge in [0.25, 0.3) is 0 Å². The molecule has 1 aromatic carbocycles. The molecule has 0 amide bonds. The van der Waals surface area contributed by atoms with Crippen molar-refractivity contribution in [2.45, 2.75) is 39.0 Å². The van der Waals surface area contributed by atoms with Crippen molar-refractivity contribution < 1.29 is 5.11 Å². The number of nitrogens with zero attached hydrogens (tertiary/aromatic N) is 1. The lowest BCUT2D eigenvalue weighted by molar-refractivity contribution is 0.273. The van der Waals surface area contributed by atoms with Gasteiger partial charge in [-0.15, -0.1) is 0 Å². The molecule has 2 nitrogen and oxygen atoms in total. The number of aliphatic hydroxyl groups is 1. The van der Waals surface area contributed by atoms with E-state index in [4.69, 9.17) is 10.4 Å². The first kappa shape index (κ1) is 12.7. The minimum Gasteiger partial charge on any atom is -0.396 e. The third-order valence-electron chi connectivity index (χ3n) is 2.81. The summed E-state index contributed by atoms with van der Waals surface area (Å²) in [6.45, 7) is 8.35. The second-order valence-corrected chi connectivity index (χ2v) is 5.25. The molecule has 0 radical (unpaired) electrons. The summed E-state index contributed by atoms with van der Waals surface area (Å²) in [7, 11) is 0. The van der Waals surface area contributed by atoms with Gasteiger partial charge in [0, 0.05) is 12.5 Å². The standard InChI is InChI=1S/C14H19NO/c1-10(9-16)11-5-6-13(14(2,3)4)12(7-11)8-15/h5-7,10,16H,9H2,1-4H3. The topological polar surface area (TPSA) is 44.0 Å². The first-order chi connectivity index (χ1) is 7.40. The molecular formula is C14H19NO. The van der Waals surface area contributed by atoms with Gasteiger partial charge in [-0.3, -0.25) is 0 Å². The maximum absolute atomic E-state index is 9.15. The van der Waals surface area contributed by atoms with Crippen LogP contribution >= 0.6 is 0 Å². The number of benzene rings is 1. The minimum atomic E-state index is -0.0218. The summed E-state index contributed by atoms with van der Waals surface area (Å²) >= 11 is 0. The zero-order chi connectivity index (χ0) is 12.3. The Labute approximate surface area is 97.5 Å². The third kappa shape index (κ3) is 2.62. The Bertz CT molecular complexity index is 410. The van der Waals surface area contributed by atoms with E-state index in [1.165, 1.54) is 0 Å². The van der Waals surface area contributed by atoms with Crippen molar-refractivity contribution >= 4 is 0 Å². The van der Waals surface area contributed by atoms with E-state index in [1.54, 1.807) is 0 Å². The molecule has 1 aromatic rings. The minimum absolute atomic E-state index is 0.0218. The van der Waals surface area contributed by atoms with Gasteiger partial charge >= 0.3 is 0 Å². The van der Waals surface area contributed by atoms with E-state index in [2.05, 4.69) is 26.8 Å². The molecule has 0 spiro atoms. The predicted molar refractivity (Wildman–Crippen MR) is 65.4 cm³/mol. The zero-order valence-corrected chi connectivity index (χ0v) is 10.4. The van der Waals surface area contributed by atoms with Crippen LogP contribution in [-0.4, -0.2) is 11.7 Å². The van der Waals surface area contributed by atoms with E-state index >= 15 is 0 Å². The number of hydrogen-bond donors (Lipinski definition) is 1. The van der Waals surface area contributed by atoms with Crippen molar-refractivity contribution in [3.8, 4) is 6.07 Å². The second-order valence-electron chi connectivity index (χ2n) is 5.25. The van der Waals surface area contributed by atoms with Gasteiger partial charge in [0.1, 0.15) is 0 Å². The molecule has 0 aliphatic rings. The number of nitriles is 1. The lowest BCUT2D eigenvalue weighted by Gasteiger charge is -2.21. The monoisotopic (exact) mass is 217 g/mol. The van der Waals surface area contributed by atoms with Crippen molar-refractivity contribution in [1.82, 2.24) is 0 Å². The molecule has 0 heterocycles. The number of rotatable bonds is 2. The molecule has 0 aromatic heterocycles. The Morgan fingerprint density at radius 3 is 2.44 bits per heavy atom. The highest BCUT2D eigenvalue weighted by molar-refractivity contribution is 5.44. The van der Waals surface area contributed by atoms with Gasteiger partial charge in [-0.1, -0.05) is 39.8 Å². The smallest absolute Gasteiger partial charge is 0.0994 e. The van der Waals surface area contributed by atoms with Crippen molar-refractivity contribution in [2.24, 2.45) is 0 Å². The molecule has 1 rings (SSSR count). The van der Waals surface area contributed by atoms with Crippen molar-refractivity contribution in [3.63, 3.8) is 0 Å². The van der Waals surface area contributed by atoms with Crippen LogP contribution in [0.25, 0.3) is 0 Å². The van der Waals surface area contributed by atoms with Crippen LogP contribution < -0.4 is 0 Å². The molecule has 0 saturated heterocycles. The van der Waals surface area contributed by atoms with Crippen LogP contribution in [0, 0.1) is 11.3 Å². The first-order valence-electron chi connectivity index (χ1n) is 5.55. The van der Waals surface area contributed by atoms with Gasteiger partial charge in [-0.25, -0.2) is 0 Å². The Hall–Kier alpha value is -1.33. The molecule has 1 atom stereocenters. The summed E-state index contributed by atoms with van der Waals surface area (Å²) in [4.78, 5) is 0. The lowest BCUT2D eigenvalue weighted by Crippen LogP contribution is -2.14. The van der Waals surface area contributed by atoms with E-state index in [0.29, 0.717) is 5.56 Å². The fourth-order valence-electron chi connectivity index (χ4n) is 1.72. The van der Waals surface area contributed by atoms with Gasteiger partial charge in [0.2, 0.25) is 0 Å². The molecule has 1 N–H and O–H groups in total. The Kier molecular flexibility index (Phi) is 3.72. The summed E-state index contributed by atoms with van der Waals surface area (Å²) in [5.74, 6) is 0.0844. The summed E-state index contributed by atoms with van der Waals surface area (Å²) in [6, 6.07) is 8.13. The Balaban J connectivity index is 3.24.